The van der Waals surface area contributed by atoms with Crippen molar-refractivity contribution < 1.29 is 41.8 Å². The molecule has 0 fully saturated rings. The number of aliphatic hydroxyl groups is 1. The zero-order chi connectivity index (χ0) is 28.1. The van der Waals surface area contributed by atoms with E-state index in [0.717, 1.165) is 23.1 Å². The van der Waals surface area contributed by atoms with Crippen molar-refractivity contribution in [3.05, 3.63) is 100.0 Å². The van der Waals surface area contributed by atoms with Gasteiger partial charge in [-0.1, -0.05) is 29.8 Å². The number of nitrogens with zero attached hydrogens (tertiary/aromatic N) is 1. The summed E-state index contributed by atoms with van der Waals surface area (Å²) in [5.41, 5.74) is -1.03. The molecule has 0 bridgehead atoms. The fraction of sp³-hybridized carbons (Fsp3) is 0.143. The number of fused-ring (bicyclic) bond motifs is 1. The molecule has 7 nitrogen and oxygen atoms in total. The Bertz CT molecular complexity index is 1660. The molecule has 0 radical (unpaired) electrons. The fourth-order valence-electron chi connectivity index (χ4n) is 4.54. The maximum absolute atomic E-state index is 13.8. The quantitative estimate of drug-likeness (QED) is 0.259. The molecule has 1 amide bonds. The van der Waals surface area contributed by atoms with Crippen molar-refractivity contribution in [3.63, 3.8) is 0 Å². The minimum absolute atomic E-state index is 0.171. The summed E-state index contributed by atoms with van der Waals surface area (Å²) in [5.74, 6) is -2.44. The first-order chi connectivity index (χ1) is 18.5. The number of amides is 1. The van der Waals surface area contributed by atoms with E-state index in [0.29, 0.717) is 21.7 Å². The van der Waals surface area contributed by atoms with Gasteiger partial charge in [0, 0.05) is 22.2 Å². The molecule has 0 saturated heterocycles. The van der Waals surface area contributed by atoms with Gasteiger partial charge in [0.05, 0.1) is 31.4 Å². The first-order valence-corrected chi connectivity index (χ1v) is 11.8. The lowest BCUT2D eigenvalue weighted by molar-refractivity contribution is -0.137. The third kappa shape index (κ3) is 4.57. The van der Waals surface area contributed by atoms with Crippen LogP contribution in [-0.4, -0.2) is 31.0 Å². The summed E-state index contributed by atoms with van der Waals surface area (Å²) in [5, 5.41) is 11.7. The van der Waals surface area contributed by atoms with Crippen molar-refractivity contribution >= 4 is 39.9 Å². The third-order valence-corrected chi connectivity index (χ3v) is 6.52. The lowest BCUT2D eigenvalue weighted by atomic mass is 9.94. The van der Waals surface area contributed by atoms with Gasteiger partial charge in [-0.05, 0) is 48.0 Å². The summed E-state index contributed by atoms with van der Waals surface area (Å²) in [7, 11) is 2.81. The number of Topliss-reactive ketones (excluding diaryl/α,β-unsaturated/α-hetero) is 1. The maximum Gasteiger partial charge on any atom is 0.416 e. The normalized spacial score (nSPS) is 15.8. The number of benzene rings is 3. The molecule has 1 aromatic heterocycles. The molecule has 0 aliphatic carbocycles. The van der Waals surface area contributed by atoms with Crippen LogP contribution in [0.2, 0.25) is 5.02 Å². The van der Waals surface area contributed by atoms with Gasteiger partial charge < -0.3 is 19.0 Å². The van der Waals surface area contributed by atoms with E-state index in [4.69, 9.17) is 25.5 Å². The van der Waals surface area contributed by atoms with Crippen molar-refractivity contribution in [3.8, 4) is 11.5 Å². The predicted octanol–water partition coefficient (Wildman–Crippen LogP) is 6.91. The number of furan rings is 1. The SMILES string of the molecule is COc1cccc(C2C(C(=O)c3cc4cc(Cl)cc(OC)c4o3)=C(O)C(=O)N2c2cccc(C(F)(F)F)c2)c1. The Morgan fingerprint density at radius 1 is 1.03 bits per heavy atom. The van der Waals surface area contributed by atoms with Gasteiger partial charge in [0.2, 0.25) is 5.78 Å². The molecule has 1 aliphatic rings. The van der Waals surface area contributed by atoms with Crippen LogP contribution in [0.1, 0.15) is 27.7 Å². The molecule has 11 heteroatoms. The highest BCUT2D eigenvalue weighted by Crippen LogP contribution is 2.44. The lowest BCUT2D eigenvalue weighted by Crippen LogP contribution is -2.31. The summed E-state index contributed by atoms with van der Waals surface area (Å²) >= 11 is 6.13. The summed E-state index contributed by atoms with van der Waals surface area (Å²) in [4.78, 5) is 28.1. The van der Waals surface area contributed by atoms with Crippen LogP contribution in [0.15, 0.2) is 82.5 Å². The van der Waals surface area contributed by atoms with Gasteiger partial charge in [0.1, 0.15) is 5.75 Å². The Morgan fingerprint density at radius 3 is 2.46 bits per heavy atom. The van der Waals surface area contributed by atoms with E-state index in [2.05, 4.69) is 0 Å². The standard InChI is InChI=1S/C28H19ClF3NO6/c1-37-19-8-3-5-14(10-19)23-22(24(34)20-11-15-9-17(29)13-21(38-2)26(15)39-20)25(35)27(36)33(23)18-7-4-6-16(12-18)28(30,31)32/h3-13,23,35H,1-2H3. The van der Waals surface area contributed by atoms with Crippen LogP contribution in [-0.2, 0) is 11.0 Å². The molecular formula is C28H19ClF3NO6. The van der Waals surface area contributed by atoms with E-state index in [1.54, 1.807) is 24.3 Å². The average Bonchev–Trinajstić information content (AvgIpc) is 3.46. The number of aliphatic hydroxyl groups excluding tert-OH is 1. The third-order valence-electron chi connectivity index (χ3n) is 6.30. The topological polar surface area (TPSA) is 89.2 Å². The number of ketones is 1. The smallest absolute Gasteiger partial charge is 0.416 e. The fourth-order valence-corrected chi connectivity index (χ4v) is 4.76. The summed E-state index contributed by atoms with van der Waals surface area (Å²) < 4.78 is 56.8. The molecule has 0 spiro atoms. The Hall–Kier alpha value is -4.44. The number of carbonyl (C=O) groups excluding carboxylic acids is 2. The van der Waals surface area contributed by atoms with Gasteiger partial charge in [0.15, 0.2) is 22.9 Å². The molecule has 4 aromatic rings. The molecule has 1 unspecified atom stereocenters. The van der Waals surface area contributed by atoms with E-state index in [9.17, 15) is 27.9 Å². The number of carbonyl (C=O) groups is 2. The van der Waals surface area contributed by atoms with Crippen LogP contribution < -0.4 is 14.4 Å². The van der Waals surface area contributed by atoms with Crippen molar-refractivity contribution in [2.75, 3.05) is 19.1 Å². The molecule has 1 aliphatic heterocycles. The molecule has 3 aromatic carbocycles. The highest BCUT2D eigenvalue weighted by atomic mass is 35.5. The number of hydrogen-bond acceptors (Lipinski definition) is 6. The molecule has 200 valence electrons. The van der Waals surface area contributed by atoms with Crippen molar-refractivity contribution in [2.24, 2.45) is 0 Å². The monoisotopic (exact) mass is 557 g/mol. The van der Waals surface area contributed by atoms with E-state index in [-0.39, 0.29) is 28.4 Å². The Kier molecular flexibility index (Phi) is 6.51. The minimum Gasteiger partial charge on any atom is -0.503 e. The van der Waals surface area contributed by atoms with Crippen LogP contribution in [0, 0.1) is 0 Å². The van der Waals surface area contributed by atoms with Crippen LogP contribution in [0.25, 0.3) is 11.0 Å². The lowest BCUT2D eigenvalue weighted by Gasteiger charge is -2.27. The molecular weight excluding hydrogens is 539 g/mol. The number of hydrogen-bond donors (Lipinski definition) is 1. The van der Waals surface area contributed by atoms with Crippen molar-refractivity contribution in [1.29, 1.82) is 0 Å². The number of ether oxygens (including phenoxy) is 2. The largest absolute Gasteiger partial charge is 0.503 e. The van der Waals surface area contributed by atoms with Gasteiger partial charge >= 0.3 is 6.18 Å². The van der Waals surface area contributed by atoms with Crippen LogP contribution in [0.5, 0.6) is 11.5 Å². The first-order valence-electron chi connectivity index (χ1n) is 11.4. The zero-order valence-corrected chi connectivity index (χ0v) is 21.1. The van der Waals surface area contributed by atoms with E-state index < -0.39 is 35.2 Å². The second kappa shape index (κ2) is 9.70. The summed E-state index contributed by atoms with van der Waals surface area (Å²) in [6, 6.07) is 13.5. The Morgan fingerprint density at radius 2 is 1.77 bits per heavy atom. The first kappa shape index (κ1) is 26.2. The van der Waals surface area contributed by atoms with E-state index in [1.165, 1.54) is 38.5 Å². The number of rotatable bonds is 6. The van der Waals surface area contributed by atoms with Gasteiger partial charge in [-0.15, -0.1) is 0 Å². The highest BCUT2D eigenvalue weighted by Gasteiger charge is 2.46. The van der Waals surface area contributed by atoms with Crippen molar-refractivity contribution in [1.82, 2.24) is 0 Å². The molecule has 1 N–H and O–H groups in total. The zero-order valence-electron chi connectivity index (χ0n) is 20.4. The highest BCUT2D eigenvalue weighted by molar-refractivity contribution is 6.31. The molecule has 0 saturated carbocycles. The number of methoxy groups -OCH3 is 2. The summed E-state index contributed by atoms with van der Waals surface area (Å²) in [6.45, 7) is 0. The molecule has 1 atom stereocenters. The van der Waals surface area contributed by atoms with Gasteiger partial charge in [-0.3, -0.25) is 14.5 Å². The summed E-state index contributed by atoms with van der Waals surface area (Å²) in [6.07, 6.45) is -4.69. The minimum atomic E-state index is -4.69. The van der Waals surface area contributed by atoms with Gasteiger partial charge in [-0.25, -0.2) is 0 Å². The molecule has 2 heterocycles. The van der Waals surface area contributed by atoms with Gasteiger partial charge in [0.25, 0.3) is 5.91 Å². The molecule has 5 rings (SSSR count). The van der Waals surface area contributed by atoms with Crippen molar-refractivity contribution in [2.45, 2.75) is 12.2 Å². The van der Waals surface area contributed by atoms with Crippen LogP contribution in [0.3, 0.4) is 0 Å². The Labute approximate surface area is 224 Å². The number of alkyl halides is 3. The second-order valence-electron chi connectivity index (χ2n) is 8.63. The maximum atomic E-state index is 13.8. The van der Waals surface area contributed by atoms with E-state index >= 15 is 0 Å². The van der Waals surface area contributed by atoms with Crippen LogP contribution >= 0.6 is 11.6 Å². The second-order valence-corrected chi connectivity index (χ2v) is 9.07. The average molecular weight is 558 g/mol. The van der Waals surface area contributed by atoms with Crippen LogP contribution in [0.4, 0.5) is 18.9 Å². The Balaban J connectivity index is 1.68. The van der Waals surface area contributed by atoms with E-state index in [1.807, 2.05) is 0 Å². The van der Waals surface area contributed by atoms with Gasteiger partial charge in [-0.2, -0.15) is 13.2 Å². The number of anilines is 1. The molecule has 39 heavy (non-hydrogen) atoms. The predicted molar refractivity (Wildman–Crippen MR) is 136 cm³/mol. The number of halogens is 4.